The van der Waals surface area contributed by atoms with Gasteiger partial charge in [-0.2, -0.15) is 0 Å². The first-order chi connectivity index (χ1) is 18.0. The minimum absolute atomic E-state index is 0.172. The van der Waals surface area contributed by atoms with E-state index < -0.39 is 0 Å². The van der Waals surface area contributed by atoms with Gasteiger partial charge in [0.2, 0.25) is 0 Å². The molecule has 0 spiro atoms. The third-order valence-electron chi connectivity index (χ3n) is 6.91. The van der Waals surface area contributed by atoms with Crippen LogP contribution in [0.25, 0.3) is 5.69 Å². The quantitative estimate of drug-likeness (QED) is 0.319. The van der Waals surface area contributed by atoms with E-state index in [1.807, 2.05) is 61.7 Å². The van der Waals surface area contributed by atoms with Crippen LogP contribution in [0.4, 0.5) is 5.69 Å². The van der Waals surface area contributed by atoms with Crippen LogP contribution in [0.2, 0.25) is 0 Å². The van der Waals surface area contributed by atoms with Crippen molar-refractivity contribution in [2.45, 2.75) is 26.8 Å². The summed E-state index contributed by atoms with van der Waals surface area (Å²) in [5.41, 5.74) is 11.6. The molecule has 6 heteroatoms. The number of nitrogens with one attached hydrogen (secondary N) is 1. The number of hydrogen-bond acceptors (Lipinski definition) is 4. The summed E-state index contributed by atoms with van der Waals surface area (Å²) in [6, 6.07) is 23.5. The summed E-state index contributed by atoms with van der Waals surface area (Å²) in [4.78, 5) is 15.8. The molecule has 1 aliphatic heterocycles. The second kappa shape index (κ2) is 11.0. The standard InChI is InChI=1S/C31H34N4O2/c1-22-10-13-35(19-22)28-15-25(21-34-12-11-24(18-32)20-34)14-27(17-28)33-31(36)26-9-8-23(2)30(16-26)37-29-6-4-3-5-7-29/h3-10,13-17,19,24H,11-12,18,20-21,32H2,1-2H3,(H,33,36)/t24-/m1/s1. The van der Waals surface area contributed by atoms with Crippen molar-refractivity contribution in [2.75, 3.05) is 25.0 Å². The molecule has 0 saturated carbocycles. The van der Waals surface area contributed by atoms with Crippen molar-refractivity contribution in [1.29, 1.82) is 0 Å². The topological polar surface area (TPSA) is 72.5 Å². The third kappa shape index (κ3) is 6.10. The summed E-state index contributed by atoms with van der Waals surface area (Å²) in [6.45, 7) is 7.66. The van der Waals surface area contributed by atoms with Crippen molar-refractivity contribution >= 4 is 11.6 Å². The Hall–Kier alpha value is -3.87. The third-order valence-corrected chi connectivity index (χ3v) is 6.91. The average molecular weight is 495 g/mol. The molecular weight excluding hydrogens is 460 g/mol. The van der Waals surface area contributed by atoms with Gasteiger partial charge < -0.3 is 20.4 Å². The number of hydrogen-bond donors (Lipinski definition) is 2. The van der Waals surface area contributed by atoms with E-state index >= 15 is 0 Å². The van der Waals surface area contributed by atoms with E-state index in [0.29, 0.717) is 17.2 Å². The molecule has 5 rings (SSSR count). The fourth-order valence-electron chi connectivity index (χ4n) is 4.83. The van der Waals surface area contributed by atoms with Crippen LogP contribution in [0, 0.1) is 19.8 Å². The molecule has 1 fully saturated rings. The minimum atomic E-state index is -0.172. The Kier molecular flexibility index (Phi) is 7.40. The molecule has 1 aliphatic rings. The zero-order chi connectivity index (χ0) is 25.8. The number of likely N-dealkylation sites (tertiary alicyclic amines) is 1. The van der Waals surface area contributed by atoms with E-state index in [0.717, 1.165) is 60.9 Å². The second-order valence-electron chi connectivity index (χ2n) is 9.96. The van der Waals surface area contributed by atoms with Gasteiger partial charge in [0.05, 0.1) is 0 Å². The lowest BCUT2D eigenvalue weighted by Gasteiger charge is -2.18. The molecule has 0 aliphatic carbocycles. The average Bonchev–Trinajstić information content (AvgIpc) is 3.54. The summed E-state index contributed by atoms with van der Waals surface area (Å²) in [5.74, 6) is 1.79. The Labute approximate surface area is 218 Å². The number of aromatic nitrogens is 1. The van der Waals surface area contributed by atoms with Crippen LogP contribution in [-0.4, -0.2) is 35.0 Å². The molecule has 1 atom stereocenters. The summed E-state index contributed by atoms with van der Waals surface area (Å²) < 4.78 is 8.14. The smallest absolute Gasteiger partial charge is 0.255 e. The number of nitrogens with zero attached hydrogens (tertiary/aromatic N) is 2. The van der Waals surface area contributed by atoms with Crippen LogP contribution < -0.4 is 15.8 Å². The molecule has 1 amide bonds. The maximum Gasteiger partial charge on any atom is 0.255 e. The predicted molar refractivity (Wildman–Crippen MR) is 149 cm³/mol. The fraction of sp³-hybridized carbons (Fsp3) is 0.258. The number of aryl methyl sites for hydroxylation is 2. The second-order valence-corrected chi connectivity index (χ2v) is 9.96. The maximum absolute atomic E-state index is 13.3. The van der Waals surface area contributed by atoms with E-state index in [1.54, 1.807) is 6.07 Å². The zero-order valence-corrected chi connectivity index (χ0v) is 21.5. The highest BCUT2D eigenvalue weighted by Gasteiger charge is 2.21. The molecule has 3 N–H and O–H groups in total. The van der Waals surface area contributed by atoms with Crippen LogP contribution in [-0.2, 0) is 6.54 Å². The van der Waals surface area contributed by atoms with Gasteiger partial charge in [0.25, 0.3) is 5.91 Å². The maximum atomic E-state index is 13.3. The van der Waals surface area contributed by atoms with Gasteiger partial charge in [-0.15, -0.1) is 0 Å². The SMILES string of the molecule is Cc1ccn(-c2cc(CN3CC[C@H](CN)C3)cc(NC(=O)c3ccc(C)c(Oc4ccccc4)c3)c2)c1. The number of nitrogens with two attached hydrogens (primary N) is 1. The number of carbonyl (C=O) groups excluding carboxylic acids is 1. The number of ether oxygens (including phenoxy) is 1. The molecule has 37 heavy (non-hydrogen) atoms. The molecule has 0 unspecified atom stereocenters. The number of amides is 1. The van der Waals surface area contributed by atoms with E-state index in [1.165, 1.54) is 5.56 Å². The van der Waals surface area contributed by atoms with Gasteiger partial charge in [0.15, 0.2) is 0 Å². The Balaban J connectivity index is 1.39. The Morgan fingerprint density at radius 2 is 1.89 bits per heavy atom. The van der Waals surface area contributed by atoms with Gasteiger partial charge in [-0.05, 0) is 104 Å². The van der Waals surface area contributed by atoms with Crippen LogP contribution in [0.3, 0.4) is 0 Å². The first kappa shape index (κ1) is 24.8. The highest BCUT2D eigenvalue weighted by atomic mass is 16.5. The zero-order valence-electron chi connectivity index (χ0n) is 21.5. The molecule has 1 saturated heterocycles. The summed E-state index contributed by atoms with van der Waals surface area (Å²) in [7, 11) is 0. The van der Waals surface area contributed by atoms with Crippen LogP contribution in [0.1, 0.15) is 33.5 Å². The Morgan fingerprint density at radius 3 is 2.62 bits per heavy atom. The summed E-state index contributed by atoms with van der Waals surface area (Å²) in [6.07, 6.45) is 5.28. The van der Waals surface area contributed by atoms with Crippen LogP contribution in [0.15, 0.2) is 85.2 Å². The number of rotatable bonds is 8. The van der Waals surface area contributed by atoms with Crippen LogP contribution >= 0.6 is 0 Å². The molecular formula is C31H34N4O2. The van der Waals surface area contributed by atoms with E-state index in [-0.39, 0.29) is 5.91 Å². The highest BCUT2D eigenvalue weighted by molar-refractivity contribution is 6.04. The summed E-state index contributed by atoms with van der Waals surface area (Å²) in [5, 5.41) is 3.12. The highest BCUT2D eigenvalue weighted by Crippen LogP contribution is 2.27. The van der Waals surface area contributed by atoms with Gasteiger partial charge in [0.1, 0.15) is 11.5 Å². The molecule has 3 aromatic carbocycles. The van der Waals surface area contributed by atoms with Crippen molar-refractivity contribution in [3.63, 3.8) is 0 Å². The molecule has 190 valence electrons. The van der Waals surface area contributed by atoms with Crippen LogP contribution in [0.5, 0.6) is 11.5 Å². The van der Waals surface area contributed by atoms with Crippen molar-refractivity contribution < 1.29 is 9.53 Å². The molecule has 6 nitrogen and oxygen atoms in total. The van der Waals surface area contributed by atoms with E-state index in [9.17, 15) is 4.79 Å². The van der Waals surface area contributed by atoms with E-state index in [2.05, 4.69) is 46.1 Å². The van der Waals surface area contributed by atoms with Crippen molar-refractivity contribution in [3.05, 3.63) is 107 Å². The van der Waals surface area contributed by atoms with Gasteiger partial charge in [-0.1, -0.05) is 24.3 Å². The van der Waals surface area contributed by atoms with Crippen molar-refractivity contribution in [2.24, 2.45) is 11.7 Å². The predicted octanol–water partition coefficient (Wildman–Crippen LogP) is 5.92. The molecule has 4 aromatic rings. The summed E-state index contributed by atoms with van der Waals surface area (Å²) >= 11 is 0. The molecule has 1 aromatic heterocycles. The number of carbonyl (C=O) groups is 1. The fourth-order valence-corrected chi connectivity index (χ4v) is 4.83. The Bertz CT molecular complexity index is 1380. The van der Waals surface area contributed by atoms with Gasteiger partial charge >= 0.3 is 0 Å². The number of para-hydroxylation sites is 1. The monoisotopic (exact) mass is 494 g/mol. The molecule has 0 radical (unpaired) electrons. The molecule has 2 heterocycles. The van der Waals surface area contributed by atoms with Gasteiger partial charge in [0, 0.05) is 42.4 Å². The normalized spacial score (nSPS) is 15.6. The number of benzene rings is 3. The largest absolute Gasteiger partial charge is 0.457 e. The molecule has 0 bridgehead atoms. The minimum Gasteiger partial charge on any atom is -0.457 e. The first-order valence-corrected chi connectivity index (χ1v) is 12.8. The number of anilines is 1. The first-order valence-electron chi connectivity index (χ1n) is 12.8. The van der Waals surface area contributed by atoms with Gasteiger partial charge in [-0.3, -0.25) is 9.69 Å². The lowest BCUT2D eigenvalue weighted by molar-refractivity contribution is 0.102. The van der Waals surface area contributed by atoms with Crippen molar-refractivity contribution in [3.8, 4) is 17.2 Å². The van der Waals surface area contributed by atoms with Crippen molar-refractivity contribution in [1.82, 2.24) is 9.47 Å². The Morgan fingerprint density at radius 1 is 1.05 bits per heavy atom. The lowest BCUT2D eigenvalue weighted by Crippen LogP contribution is -2.23. The van der Waals surface area contributed by atoms with Gasteiger partial charge in [-0.25, -0.2) is 0 Å². The van der Waals surface area contributed by atoms with E-state index in [4.69, 9.17) is 10.5 Å². The lowest BCUT2D eigenvalue weighted by atomic mass is 10.1.